The number of carbonyl (C=O) groups is 2. The summed E-state index contributed by atoms with van der Waals surface area (Å²) in [6, 6.07) is 21.0. The minimum absolute atomic E-state index is 0.0908. The molecule has 9 heteroatoms. The van der Waals surface area contributed by atoms with Crippen LogP contribution in [0, 0.1) is 13.8 Å². The number of fused-ring (bicyclic) bond motifs is 2. The van der Waals surface area contributed by atoms with E-state index in [9.17, 15) is 9.59 Å². The maximum Gasteiger partial charge on any atom is 0.277 e. The number of aryl methyl sites for hydroxylation is 2. The summed E-state index contributed by atoms with van der Waals surface area (Å²) in [4.78, 5) is 31.8. The van der Waals surface area contributed by atoms with Gasteiger partial charge in [-0.25, -0.2) is 5.43 Å². The van der Waals surface area contributed by atoms with Crippen LogP contribution in [-0.4, -0.2) is 34.2 Å². The van der Waals surface area contributed by atoms with Crippen molar-refractivity contribution in [2.75, 3.05) is 11.9 Å². The monoisotopic (exact) mass is 577 g/mol. The van der Waals surface area contributed by atoms with Crippen LogP contribution < -0.4 is 15.5 Å². The molecule has 0 aliphatic heterocycles. The fraction of sp³-hybridized carbons (Fsp3) is 0.212. The van der Waals surface area contributed by atoms with Crippen LogP contribution in [0.15, 0.2) is 78.0 Å². The van der Waals surface area contributed by atoms with Crippen molar-refractivity contribution in [2.45, 2.75) is 39.5 Å². The van der Waals surface area contributed by atoms with Gasteiger partial charge in [0.15, 0.2) is 6.61 Å². The van der Waals surface area contributed by atoms with E-state index in [1.54, 1.807) is 29.8 Å². The van der Waals surface area contributed by atoms with E-state index < -0.39 is 0 Å². The Labute approximate surface area is 248 Å². The van der Waals surface area contributed by atoms with E-state index in [1.807, 2.05) is 74.5 Å². The highest BCUT2D eigenvalue weighted by Gasteiger charge is 2.28. The second-order valence-electron chi connectivity index (χ2n) is 10.3. The van der Waals surface area contributed by atoms with Gasteiger partial charge in [-0.1, -0.05) is 36.4 Å². The second-order valence-corrected chi connectivity index (χ2v) is 11.4. The SMILES string of the molecule is Cc1cc(/C=N/NC(=O)COc2cccc3cccnc23)c(C)n1-c1sc2c(c1C(=O)Nc1ccccc1)CCCC2. The minimum atomic E-state index is -0.376. The number of benzene rings is 2. The van der Waals surface area contributed by atoms with Crippen LogP contribution in [0.2, 0.25) is 0 Å². The number of hydrazone groups is 1. The average molecular weight is 578 g/mol. The van der Waals surface area contributed by atoms with Gasteiger partial charge >= 0.3 is 0 Å². The van der Waals surface area contributed by atoms with Crippen molar-refractivity contribution in [2.24, 2.45) is 5.10 Å². The second kappa shape index (κ2) is 12.0. The summed E-state index contributed by atoms with van der Waals surface area (Å²) in [5.74, 6) is 0.0762. The molecule has 2 amide bonds. The molecule has 0 saturated heterocycles. The first kappa shape index (κ1) is 27.4. The van der Waals surface area contributed by atoms with Gasteiger partial charge in [0, 0.05) is 39.1 Å². The standard InChI is InChI=1S/C33H31N5O3S/c1-21-18-24(19-35-37-29(39)20-41-27-15-8-10-23-11-9-17-34-31(23)27)22(2)38(21)33-30(26-14-6-7-16-28(26)42-33)32(40)36-25-12-4-3-5-13-25/h3-5,8-13,15,17-19H,6-7,14,16,20H2,1-2H3,(H,36,40)(H,37,39)/b35-19+. The van der Waals surface area contributed by atoms with E-state index in [1.165, 1.54) is 4.88 Å². The molecular formula is C33H31N5O3S. The third-order valence-corrected chi connectivity index (χ3v) is 8.71. The van der Waals surface area contributed by atoms with Crippen molar-refractivity contribution in [3.05, 3.63) is 106 Å². The number of aromatic nitrogens is 2. The Morgan fingerprint density at radius 3 is 2.71 bits per heavy atom. The lowest BCUT2D eigenvalue weighted by atomic mass is 9.95. The van der Waals surface area contributed by atoms with Gasteiger partial charge in [-0.05, 0) is 75.4 Å². The lowest BCUT2D eigenvalue weighted by Gasteiger charge is -2.14. The number of pyridine rings is 1. The molecule has 0 bridgehead atoms. The predicted molar refractivity (Wildman–Crippen MR) is 167 cm³/mol. The van der Waals surface area contributed by atoms with Gasteiger partial charge < -0.3 is 14.6 Å². The number of nitrogens with zero attached hydrogens (tertiary/aromatic N) is 3. The highest BCUT2D eigenvalue weighted by molar-refractivity contribution is 7.15. The van der Waals surface area contributed by atoms with Gasteiger partial charge in [0.1, 0.15) is 16.3 Å². The van der Waals surface area contributed by atoms with E-state index in [0.29, 0.717) is 11.3 Å². The summed E-state index contributed by atoms with van der Waals surface area (Å²) in [5.41, 5.74) is 8.72. The summed E-state index contributed by atoms with van der Waals surface area (Å²) in [6.45, 7) is 3.84. The molecule has 2 aromatic carbocycles. The number of nitrogens with one attached hydrogen (secondary N) is 2. The summed E-state index contributed by atoms with van der Waals surface area (Å²) < 4.78 is 7.85. The highest BCUT2D eigenvalue weighted by Crippen LogP contribution is 2.39. The molecule has 8 nitrogen and oxygen atoms in total. The largest absolute Gasteiger partial charge is 0.481 e. The Bertz CT molecular complexity index is 1800. The molecule has 212 valence electrons. The number of thiophene rings is 1. The zero-order chi connectivity index (χ0) is 29.1. The molecule has 2 N–H and O–H groups in total. The van der Waals surface area contributed by atoms with Crippen molar-refractivity contribution in [1.29, 1.82) is 0 Å². The molecule has 0 spiro atoms. The van der Waals surface area contributed by atoms with Crippen LogP contribution in [0.4, 0.5) is 5.69 Å². The Hall–Kier alpha value is -4.76. The Kier molecular flexibility index (Phi) is 7.83. The molecular weight excluding hydrogens is 546 g/mol. The molecule has 0 atom stereocenters. The molecule has 0 radical (unpaired) electrons. The Morgan fingerprint density at radius 2 is 1.86 bits per heavy atom. The number of carbonyl (C=O) groups excluding carboxylic acids is 2. The molecule has 42 heavy (non-hydrogen) atoms. The first-order chi connectivity index (χ1) is 20.5. The number of rotatable bonds is 8. The maximum atomic E-state index is 13.6. The first-order valence-electron chi connectivity index (χ1n) is 14.0. The van der Waals surface area contributed by atoms with Crippen molar-refractivity contribution in [1.82, 2.24) is 15.0 Å². The topological polar surface area (TPSA) is 97.6 Å². The van der Waals surface area contributed by atoms with E-state index >= 15 is 0 Å². The lowest BCUT2D eigenvalue weighted by Crippen LogP contribution is -2.24. The van der Waals surface area contributed by atoms with Crippen LogP contribution >= 0.6 is 11.3 Å². The van der Waals surface area contributed by atoms with Gasteiger partial charge in [0.05, 0.1) is 11.8 Å². The average Bonchev–Trinajstić information content (AvgIpc) is 3.52. The quantitative estimate of drug-likeness (QED) is 0.166. The van der Waals surface area contributed by atoms with Gasteiger partial charge in [0.25, 0.3) is 11.8 Å². The van der Waals surface area contributed by atoms with Crippen LogP contribution in [-0.2, 0) is 17.6 Å². The van der Waals surface area contributed by atoms with Crippen molar-refractivity contribution < 1.29 is 14.3 Å². The molecule has 1 aliphatic carbocycles. The van der Waals surface area contributed by atoms with Gasteiger partial charge in [0.2, 0.25) is 0 Å². The fourth-order valence-electron chi connectivity index (χ4n) is 5.43. The molecule has 0 fully saturated rings. The van der Waals surface area contributed by atoms with Crippen LogP contribution in [0.1, 0.15) is 50.6 Å². The smallest absolute Gasteiger partial charge is 0.277 e. The Morgan fingerprint density at radius 1 is 1.05 bits per heavy atom. The van der Waals surface area contributed by atoms with Crippen LogP contribution in [0.5, 0.6) is 5.75 Å². The number of hydrogen-bond acceptors (Lipinski definition) is 6. The summed E-state index contributed by atoms with van der Waals surface area (Å²) in [7, 11) is 0. The molecule has 6 rings (SSSR count). The van der Waals surface area contributed by atoms with Crippen LogP contribution in [0.25, 0.3) is 15.9 Å². The summed E-state index contributed by atoms with van der Waals surface area (Å²) >= 11 is 1.70. The zero-order valence-electron chi connectivity index (χ0n) is 23.5. The molecule has 0 saturated carbocycles. The fourth-order valence-corrected chi connectivity index (χ4v) is 6.93. The van der Waals surface area contributed by atoms with E-state index in [0.717, 1.165) is 69.8 Å². The van der Waals surface area contributed by atoms with Gasteiger partial charge in [-0.3, -0.25) is 14.6 Å². The molecule has 5 aromatic rings. The minimum Gasteiger partial charge on any atom is -0.481 e. The predicted octanol–water partition coefficient (Wildman–Crippen LogP) is 6.36. The number of ether oxygens (including phenoxy) is 1. The highest BCUT2D eigenvalue weighted by atomic mass is 32.1. The van der Waals surface area contributed by atoms with Crippen LogP contribution in [0.3, 0.4) is 0 Å². The normalized spacial score (nSPS) is 12.8. The first-order valence-corrected chi connectivity index (χ1v) is 14.8. The molecule has 3 heterocycles. The van der Waals surface area contributed by atoms with Crippen molar-refractivity contribution in [3.8, 4) is 10.8 Å². The zero-order valence-corrected chi connectivity index (χ0v) is 24.3. The number of amides is 2. The van der Waals surface area contributed by atoms with E-state index in [-0.39, 0.29) is 18.4 Å². The summed E-state index contributed by atoms with van der Waals surface area (Å²) in [5, 5.41) is 9.15. The third kappa shape index (κ3) is 5.56. The van der Waals surface area contributed by atoms with Crippen molar-refractivity contribution in [3.63, 3.8) is 0 Å². The summed E-state index contributed by atoms with van der Waals surface area (Å²) in [6.07, 6.45) is 7.43. The number of para-hydroxylation sites is 2. The van der Waals surface area contributed by atoms with Gasteiger partial charge in [-0.15, -0.1) is 11.3 Å². The molecule has 1 aliphatic rings. The van der Waals surface area contributed by atoms with E-state index in [2.05, 4.69) is 25.4 Å². The van der Waals surface area contributed by atoms with Gasteiger partial charge in [-0.2, -0.15) is 5.10 Å². The third-order valence-electron chi connectivity index (χ3n) is 7.43. The van der Waals surface area contributed by atoms with E-state index in [4.69, 9.17) is 4.74 Å². The number of anilines is 1. The number of hydrogen-bond donors (Lipinski definition) is 2. The Balaban J connectivity index is 1.20. The molecule has 0 unspecified atom stereocenters. The lowest BCUT2D eigenvalue weighted by molar-refractivity contribution is -0.123. The maximum absolute atomic E-state index is 13.6. The van der Waals surface area contributed by atoms with Crippen molar-refractivity contribution >= 4 is 46.0 Å². The molecule has 3 aromatic heterocycles.